The minimum atomic E-state index is -0.812. The van der Waals surface area contributed by atoms with Crippen LogP contribution in [0.1, 0.15) is 12.8 Å². The van der Waals surface area contributed by atoms with Crippen LogP contribution in [0.5, 0.6) is 0 Å². The number of thiol groups is 1. The average Bonchev–Trinajstić information content (AvgIpc) is 2.06. The number of hydrogen-bond donors (Lipinski definition) is 1. The first kappa shape index (κ1) is 4.81. The van der Waals surface area contributed by atoms with Crippen molar-refractivity contribution in [2.75, 3.05) is 0 Å². The van der Waals surface area contributed by atoms with E-state index in [0.717, 1.165) is 12.8 Å². The molecular formula is C3H6OS2. The van der Waals surface area contributed by atoms with Gasteiger partial charge in [0, 0.05) is 23.0 Å². The third-order valence-electron chi connectivity index (χ3n) is 0.810. The van der Waals surface area contributed by atoms with Crippen LogP contribution >= 0.6 is 11.7 Å². The van der Waals surface area contributed by atoms with Gasteiger partial charge in [0.25, 0.3) is 0 Å². The Morgan fingerprint density at radius 1 is 1.67 bits per heavy atom. The van der Waals surface area contributed by atoms with E-state index in [2.05, 4.69) is 11.7 Å². The molecule has 1 fully saturated rings. The van der Waals surface area contributed by atoms with Crippen molar-refractivity contribution in [1.82, 2.24) is 0 Å². The summed E-state index contributed by atoms with van der Waals surface area (Å²) in [5.74, 6) is 0. The second kappa shape index (κ2) is 1.64. The monoisotopic (exact) mass is 122 g/mol. The van der Waals surface area contributed by atoms with Crippen molar-refractivity contribution in [3.63, 3.8) is 0 Å². The molecule has 0 aromatic carbocycles. The molecule has 1 nitrogen and oxygen atoms in total. The summed E-state index contributed by atoms with van der Waals surface area (Å²) in [6, 6.07) is 0. The molecule has 6 heavy (non-hydrogen) atoms. The van der Waals surface area contributed by atoms with Crippen LogP contribution in [0.25, 0.3) is 0 Å². The molecule has 1 rings (SSSR count). The van der Waals surface area contributed by atoms with Crippen molar-refractivity contribution < 1.29 is 4.55 Å². The van der Waals surface area contributed by atoms with Crippen LogP contribution in [-0.4, -0.2) is 9.80 Å². The highest BCUT2D eigenvalue weighted by Crippen LogP contribution is 2.30. The van der Waals surface area contributed by atoms with Gasteiger partial charge < -0.3 is 4.55 Å². The van der Waals surface area contributed by atoms with Gasteiger partial charge in [-0.3, -0.25) is 0 Å². The average molecular weight is 122 g/mol. The summed E-state index contributed by atoms with van der Waals surface area (Å²) < 4.78 is 10.2. The maximum atomic E-state index is 10.2. The highest BCUT2D eigenvalue weighted by Gasteiger charge is 2.32. The molecule has 0 aromatic heterocycles. The molecule has 0 heterocycles. The molecule has 3 heteroatoms. The molecule has 0 saturated heterocycles. The smallest absolute Gasteiger partial charge is 0.128 e. The van der Waals surface area contributed by atoms with E-state index in [4.69, 9.17) is 0 Å². The van der Waals surface area contributed by atoms with Gasteiger partial charge in [-0.25, -0.2) is 0 Å². The second-order valence-corrected chi connectivity index (χ2v) is 3.77. The van der Waals surface area contributed by atoms with Gasteiger partial charge in [0.2, 0.25) is 0 Å². The van der Waals surface area contributed by atoms with E-state index in [0.29, 0.717) is 5.25 Å². The molecular weight excluding hydrogens is 116 g/mol. The van der Waals surface area contributed by atoms with Gasteiger partial charge in [-0.1, -0.05) is 0 Å². The Kier molecular flexibility index (Phi) is 1.31. The molecule has 0 aromatic rings. The van der Waals surface area contributed by atoms with E-state index < -0.39 is 10.2 Å². The van der Waals surface area contributed by atoms with Crippen LogP contribution in [0.2, 0.25) is 0 Å². The fourth-order valence-corrected chi connectivity index (χ4v) is 1.44. The summed E-state index contributed by atoms with van der Waals surface area (Å²) >= 11 is 3.73. The van der Waals surface area contributed by atoms with E-state index in [-0.39, 0.29) is 0 Å². The molecule has 0 spiro atoms. The zero-order valence-electron chi connectivity index (χ0n) is 3.26. The molecule has 1 atom stereocenters. The van der Waals surface area contributed by atoms with Crippen LogP contribution in [0.3, 0.4) is 0 Å². The molecule has 36 valence electrons. The Hall–Kier alpha value is 0.660. The molecule has 1 aliphatic rings. The zero-order chi connectivity index (χ0) is 4.57. The molecule has 1 aliphatic carbocycles. The quantitative estimate of drug-likeness (QED) is 0.309. The van der Waals surface area contributed by atoms with Gasteiger partial charge in [-0.15, -0.1) is 0 Å². The zero-order valence-corrected chi connectivity index (χ0v) is 4.97. The summed E-state index contributed by atoms with van der Waals surface area (Å²) in [4.78, 5) is 0. The normalized spacial score (nSPS) is 27.0. The minimum Gasteiger partial charge on any atom is -0.605 e. The summed E-state index contributed by atoms with van der Waals surface area (Å²) in [5.41, 5.74) is 0. The summed E-state index contributed by atoms with van der Waals surface area (Å²) in [7, 11) is -0.812. The van der Waals surface area contributed by atoms with Crippen LogP contribution in [0, 0.1) is 0 Å². The third kappa shape index (κ3) is 1.06. The molecule has 0 bridgehead atoms. The standard InChI is InChI=1S/C3H6OS2/c4-6(5)3-1-2-3/h3H,1-2H2,(H,4,5). The topological polar surface area (TPSA) is 23.1 Å². The minimum absolute atomic E-state index is 0.438. The van der Waals surface area contributed by atoms with E-state index in [1.807, 2.05) is 0 Å². The van der Waals surface area contributed by atoms with Gasteiger partial charge in [-0.2, -0.15) is 0 Å². The van der Waals surface area contributed by atoms with Gasteiger partial charge >= 0.3 is 0 Å². The van der Waals surface area contributed by atoms with Crippen LogP contribution < -0.4 is 0 Å². The first-order valence-corrected chi connectivity index (χ1v) is 4.17. The predicted octanol–water partition coefficient (Wildman–Crippen LogP) is 0.742. The lowest BCUT2D eigenvalue weighted by molar-refractivity contribution is 0.608. The maximum Gasteiger partial charge on any atom is 0.128 e. The summed E-state index contributed by atoms with van der Waals surface area (Å²) in [6.45, 7) is 0. The Balaban J connectivity index is 2.13. The van der Waals surface area contributed by atoms with Crippen LogP contribution in [0.15, 0.2) is 0 Å². The summed E-state index contributed by atoms with van der Waals surface area (Å²) in [5, 5.41) is 0.438. The largest absolute Gasteiger partial charge is 0.605 e. The van der Waals surface area contributed by atoms with E-state index in [9.17, 15) is 4.55 Å². The van der Waals surface area contributed by atoms with Crippen molar-refractivity contribution >= 4 is 21.9 Å². The Morgan fingerprint density at radius 2 is 2.17 bits per heavy atom. The Bertz CT molecular complexity index is 50.8. The molecule has 1 saturated carbocycles. The summed E-state index contributed by atoms with van der Waals surface area (Å²) in [6.07, 6.45) is 2.24. The fourth-order valence-electron chi connectivity index (χ4n) is 0.270. The SMILES string of the molecule is [O-][S+](S)C1CC1. The maximum absolute atomic E-state index is 10.2. The van der Waals surface area contributed by atoms with E-state index >= 15 is 0 Å². The van der Waals surface area contributed by atoms with Gasteiger partial charge in [0.15, 0.2) is 0 Å². The fraction of sp³-hybridized carbons (Fsp3) is 1.00. The second-order valence-electron chi connectivity index (χ2n) is 1.48. The van der Waals surface area contributed by atoms with Crippen LogP contribution in [-0.2, 0) is 10.2 Å². The molecule has 0 amide bonds. The lowest BCUT2D eigenvalue weighted by atomic mass is 11.0. The van der Waals surface area contributed by atoms with Crippen molar-refractivity contribution in [3.05, 3.63) is 0 Å². The van der Waals surface area contributed by atoms with Gasteiger partial charge in [0.1, 0.15) is 5.25 Å². The third-order valence-corrected chi connectivity index (χ3v) is 2.75. The lowest BCUT2D eigenvalue weighted by Gasteiger charge is -1.94. The first-order valence-electron chi connectivity index (χ1n) is 1.90. The van der Waals surface area contributed by atoms with Crippen LogP contribution in [0.4, 0.5) is 0 Å². The predicted molar refractivity (Wildman–Crippen MR) is 30.2 cm³/mol. The first-order chi connectivity index (χ1) is 2.80. The van der Waals surface area contributed by atoms with Crippen molar-refractivity contribution in [2.24, 2.45) is 0 Å². The molecule has 0 N–H and O–H groups in total. The highest BCUT2D eigenvalue weighted by molar-refractivity contribution is 8.63. The van der Waals surface area contributed by atoms with E-state index in [1.54, 1.807) is 0 Å². The Morgan fingerprint density at radius 3 is 2.17 bits per heavy atom. The van der Waals surface area contributed by atoms with Crippen molar-refractivity contribution in [1.29, 1.82) is 0 Å². The number of rotatable bonds is 1. The Labute approximate surface area is 45.1 Å². The molecule has 0 aliphatic heterocycles. The molecule has 1 unspecified atom stereocenters. The lowest BCUT2D eigenvalue weighted by Crippen LogP contribution is -1.94. The van der Waals surface area contributed by atoms with Crippen molar-refractivity contribution in [3.8, 4) is 0 Å². The molecule has 0 radical (unpaired) electrons. The highest BCUT2D eigenvalue weighted by atomic mass is 33.1. The van der Waals surface area contributed by atoms with Gasteiger partial charge in [0.05, 0.1) is 11.7 Å². The van der Waals surface area contributed by atoms with E-state index in [1.165, 1.54) is 0 Å². The number of hydrogen-bond acceptors (Lipinski definition) is 2. The van der Waals surface area contributed by atoms with Crippen molar-refractivity contribution in [2.45, 2.75) is 18.1 Å². The van der Waals surface area contributed by atoms with Gasteiger partial charge in [-0.05, 0) is 0 Å².